The van der Waals surface area contributed by atoms with Gasteiger partial charge in [-0.25, -0.2) is 12.8 Å². The molecular weight excluding hydrogens is 315 g/mol. The quantitative estimate of drug-likeness (QED) is 0.887. The smallest absolute Gasteiger partial charge is 0.264 e. The van der Waals surface area contributed by atoms with Crippen LogP contribution in [0.4, 0.5) is 10.1 Å². The Kier molecular flexibility index (Phi) is 4.82. The van der Waals surface area contributed by atoms with Crippen LogP contribution in [0, 0.1) is 5.82 Å². The van der Waals surface area contributed by atoms with Crippen molar-refractivity contribution in [1.82, 2.24) is 5.32 Å². The first-order valence-electron chi connectivity index (χ1n) is 6.14. The van der Waals surface area contributed by atoms with Crippen LogP contribution in [0.3, 0.4) is 0 Å². The number of hydrogen-bond acceptors (Lipinski definition) is 3. The molecule has 0 aromatic heterocycles. The van der Waals surface area contributed by atoms with Crippen molar-refractivity contribution >= 4 is 27.3 Å². The predicted octanol–water partition coefficient (Wildman–Crippen LogP) is 3.00. The number of benzene rings is 2. The highest BCUT2D eigenvalue weighted by Crippen LogP contribution is 2.25. The number of hydrogen-bond donors (Lipinski definition) is 2. The standard InChI is InChI=1S/C14H14ClFN2O2S/c1-17-9-10-6-7-12(16)14(8-10)21(19,20)18-13-5-3-2-4-11(13)15/h2-8,17-18H,9H2,1H3. The lowest BCUT2D eigenvalue weighted by atomic mass is 10.2. The van der Waals surface area contributed by atoms with E-state index in [0.29, 0.717) is 12.1 Å². The van der Waals surface area contributed by atoms with E-state index < -0.39 is 20.7 Å². The summed E-state index contributed by atoms with van der Waals surface area (Å²) in [6.07, 6.45) is 0. The topological polar surface area (TPSA) is 58.2 Å². The zero-order valence-electron chi connectivity index (χ0n) is 11.2. The molecule has 0 amide bonds. The van der Waals surface area contributed by atoms with Crippen molar-refractivity contribution in [3.8, 4) is 0 Å². The van der Waals surface area contributed by atoms with Gasteiger partial charge in [-0.2, -0.15) is 0 Å². The second-order valence-electron chi connectivity index (χ2n) is 4.38. The molecule has 0 spiro atoms. The van der Waals surface area contributed by atoms with Crippen molar-refractivity contribution in [1.29, 1.82) is 0 Å². The summed E-state index contributed by atoms with van der Waals surface area (Å²) < 4.78 is 40.7. The first kappa shape index (κ1) is 15.8. The highest BCUT2D eigenvalue weighted by Gasteiger charge is 2.20. The number of sulfonamides is 1. The van der Waals surface area contributed by atoms with Crippen LogP contribution >= 0.6 is 11.6 Å². The van der Waals surface area contributed by atoms with Crippen molar-refractivity contribution in [2.24, 2.45) is 0 Å². The van der Waals surface area contributed by atoms with Crippen LogP contribution in [0.5, 0.6) is 0 Å². The van der Waals surface area contributed by atoms with E-state index in [2.05, 4.69) is 10.0 Å². The van der Waals surface area contributed by atoms with Gasteiger partial charge in [-0.1, -0.05) is 29.8 Å². The number of anilines is 1. The Bertz CT molecular complexity index is 750. The number of rotatable bonds is 5. The van der Waals surface area contributed by atoms with Crippen LogP contribution < -0.4 is 10.0 Å². The highest BCUT2D eigenvalue weighted by molar-refractivity contribution is 7.92. The minimum atomic E-state index is -4.04. The van der Waals surface area contributed by atoms with Gasteiger partial charge in [-0.05, 0) is 36.9 Å². The largest absolute Gasteiger partial charge is 0.316 e. The van der Waals surface area contributed by atoms with Gasteiger partial charge in [0, 0.05) is 6.54 Å². The lowest BCUT2D eigenvalue weighted by molar-refractivity contribution is 0.569. The molecule has 0 fully saturated rings. The maximum atomic E-state index is 13.8. The summed E-state index contributed by atoms with van der Waals surface area (Å²) in [5.41, 5.74) is 0.871. The van der Waals surface area contributed by atoms with Crippen molar-refractivity contribution in [3.63, 3.8) is 0 Å². The van der Waals surface area contributed by atoms with Crippen LogP contribution in [-0.4, -0.2) is 15.5 Å². The second-order valence-corrected chi connectivity index (χ2v) is 6.44. The molecule has 0 heterocycles. The fourth-order valence-corrected chi connectivity index (χ4v) is 3.26. The van der Waals surface area contributed by atoms with E-state index in [-0.39, 0.29) is 10.7 Å². The summed E-state index contributed by atoms with van der Waals surface area (Å²) in [4.78, 5) is -0.407. The molecule has 112 valence electrons. The van der Waals surface area contributed by atoms with Gasteiger partial charge in [-0.3, -0.25) is 4.72 Å². The van der Waals surface area contributed by atoms with Crippen LogP contribution in [0.15, 0.2) is 47.4 Å². The molecule has 0 radical (unpaired) electrons. The molecule has 0 bridgehead atoms. The van der Waals surface area contributed by atoms with Gasteiger partial charge in [-0.15, -0.1) is 0 Å². The number of halogens is 2. The molecule has 0 aliphatic carbocycles. The molecule has 0 aliphatic rings. The van der Waals surface area contributed by atoms with Gasteiger partial charge in [0.05, 0.1) is 10.7 Å². The summed E-state index contributed by atoms with van der Waals surface area (Å²) in [7, 11) is -2.32. The average Bonchev–Trinajstić information content (AvgIpc) is 2.43. The normalized spacial score (nSPS) is 11.4. The van der Waals surface area contributed by atoms with Gasteiger partial charge < -0.3 is 5.32 Å². The summed E-state index contributed by atoms with van der Waals surface area (Å²) in [5.74, 6) is -0.811. The average molecular weight is 329 g/mol. The third kappa shape index (κ3) is 3.72. The van der Waals surface area contributed by atoms with Gasteiger partial charge in [0.1, 0.15) is 10.7 Å². The molecule has 2 aromatic rings. The zero-order chi connectivity index (χ0) is 15.5. The maximum absolute atomic E-state index is 13.8. The first-order chi connectivity index (χ1) is 9.94. The summed E-state index contributed by atoms with van der Waals surface area (Å²) >= 11 is 5.91. The van der Waals surface area contributed by atoms with E-state index in [4.69, 9.17) is 11.6 Å². The van der Waals surface area contributed by atoms with Gasteiger partial charge in [0.2, 0.25) is 0 Å². The molecule has 0 saturated heterocycles. The third-order valence-corrected chi connectivity index (χ3v) is 4.49. The van der Waals surface area contributed by atoms with Crippen molar-refractivity contribution < 1.29 is 12.8 Å². The SMILES string of the molecule is CNCc1ccc(F)c(S(=O)(=O)Nc2ccccc2Cl)c1. The molecule has 21 heavy (non-hydrogen) atoms. The minimum absolute atomic E-state index is 0.206. The molecule has 0 saturated carbocycles. The molecule has 4 nitrogen and oxygen atoms in total. The van der Waals surface area contributed by atoms with Crippen LogP contribution in [0.2, 0.25) is 5.02 Å². The Labute approximate surface area is 128 Å². The van der Waals surface area contributed by atoms with E-state index >= 15 is 0 Å². The molecule has 2 aromatic carbocycles. The molecular formula is C14H14ClFN2O2S. The Morgan fingerprint density at radius 2 is 1.90 bits per heavy atom. The predicted molar refractivity (Wildman–Crippen MR) is 81.4 cm³/mol. The van der Waals surface area contributed by atoms with Crippen molar-refractivity contribution in [3.05, 3.63) is 58.9 Å². The molecule has 0 aliphatic heterocycles. The Morgan fingerprint density at radius 3 is 2.57 bits per heavy atom. The lowest BCUT2D eigenvalue weighted by Crippen LogP contribution is -2.16. The van der Waals surface area contributed by atoms with Crippen molar-refractivity contribution in [2.75, 3.05) is 11.8 Å². The van der Waals surface area contributed by atoms with Gasteiger partial charge >= 0.3 is 0 Å². The van der Waals surface area contributed by atoms with E-state index in [1.54, 1.807) is 25.2 Å². The number of para-hydroxylation sites is 1. The summed E-state index contributed by atoms with van der Waals surface area (Å²) in [6.45, 7) is 0.439. The fourth-order valence-electron chi connectivity index (χ4n) is 1.81. The molecule has 0 unspecified atom stereocenters. The van der Waals surface area contributed by atoms with Gasteiger partial charge in [0.25, 0.3) is 10.0 Å². The van der Waals surface area contributed by atoms with Crippen LogP contribution in [-0.2, 0) is 16.6 Å². The third-order valence-electron chi connectivity index (χ3n) is 2.78. The number of nitrogens with one attached hydrogen (secondary N) is 2. The van der Waals surface area contributed by atoms with Crippen LogP contribution in [0.25, 0.3) is 0 Å². The van der Waals surface area contributed by atoms with E-state index in [0.717, 1.165) is 6.07 Å². The monoisotopic (exact) mass is 328 g/mol. The van der Waals surface area contributed by atoms with E-state index in [1.165, 1.54) is 18.2 Å². The maximum Gasteiger partial charge on any atom is 0.264 e. The Morgan fingerprint density at radius 1 is 1.19 bits per heavy atom. The Balaban J connectivity index is 2.40. The zero-order valence-corrected chi connectivity index (χ0v) is 12.8. The summed E-state index contributed by atoms with van der Waals surface area (Å²) in [5, 5.41) is 3.13. The first-order valence-corrected chi connectivity index (χ1v) is 8.00. The highest BCUT2D eigenvalue weighted by atomic mass is 35.5. The molecule has 2 rings (SSSR count). The molecule has 0 atom stereocenters. The van der Waals surface area contributed by atoms with E-state index in [1.807, 2.05) is 0 Å². The van der Waals surface area contributed by atoms with Crippen LogP contribution in [0.1, 0.15) is 5.56 Å². The Hall–Kier alpha value is -1.63. The molecule has 7 heteroatoms. The molecule has 2 N–H and O–H groups in total. The van der Waals surface area contributed by atoms with E-state index in [9.17, 15) is 12.8 Å². The van der Waals surface area contributed by atoms with Gasteiger partial charge in [0.15, 0.2) is 0 Å². The lowest BCUT2D eigenvalue weighted by Gasteiger charge is -2.11. The summed E-state index contributed by atoms with van der Waals surface area (Å²) in [6, 6.07) is 10.3. The fraction of sp³-hybridized carbons (Fsp3) is 0.143. The minimum Gasteiger partial charge on any atom is -0.316 e. The second kappa shape index (κ2) is 6.43. The van der Waals surface area contributed by atoms with Crippen molar-refractivity contribution in [2.45, 2.75) is 11.4 Å².